The second kappa shape index (κ2) is 2.97. The van der Waals surface area contributed by atoms with E-state index in [4.69, 9.17) is 0 Å². The Balaban J connectivity index is 2.58. The van der Waals surface area contributed by atoms with E-state index in [0.717, 1.165) is 20.8 Å². The molecule has 2 heterocycles. The van der Waals surface area contributed by atoms with Crippen LogP contribution >= 0.6 is 15.9 Å². The largest absolute Gasteiger partial charge is 0.504 e. The molecule has 0 spiro atoms. The summed E-state index contributed by atoms with van der Waals surface area (Å²) in [7, 11) is 0. The van der Waals surface area contributed by atoms with Crippen molar-refractivity contribution in [3.63, 3.8) is 0 Å². The van der Waals surface area contributed by atoms with Crippen LogP contribution in [0.5, 0.6) is 5.75 Å². The second-order valence-electron chi connectivity index (χ2n) is 3.37. The fraction of sp³-hybridized carbons (Fsp3) is 0. The Morgan fingerprint density at radius 3 is 3.00 bits per heavy atom. The van der Waals surface area contributed by atoms with E-state index in [-0.39, 0.29) is 5.75 Å². The Hall–Kier alpha value is -1.55. The Morgan fingerprint density at radius 2 is 2.13 bits per heavy atom. The summed E-state index contributed by atoms with van der Waals surface area (Å²) in [5.74, 6) is 0.211. The fourth-order valence-corrected chi connectivity index (χ4v) is 2.14. The van der Waals surface area contributed by atoms with Gasteiger partial charge in [-0.3, -0.25) is 0 Å². The molecule has 0 atom stereocenters. The van der Waals surface area contributed by atoms with Crippen LogP contribution in [0.1, 0.15) is 0 Å². The van der Waals surface area contributed by atoms with E-state index in [2.05, 4.69) is 21.0 Å². The van der Waals surface area contributed by atoms with Crippen LogP contribution in [0.25, 0.3) is 16.3 Å². The van der Waals surface area contributed by atoms with E-state index in [1.54, 1.807) is 4.52 Å². The number of hydrogen-bond acceptors (Lipinski definition) is 2. The van der Waals surface area contributed by atoms with E-state index >= 15 is 0 Å². The molecule has 3 aromatic rings. The first-order chi connectivity index (χ1) is 7.25. The molecule has 0 amide bonds. The molecule has 3 nitrogen and oxygen atoms in total. The van der Waals surface area contributed by atoms with Crippen molar-refractivity contribution in [2.75, 3.05) is 0 Å². The van der Waals surface area contributed by atoms with Crippen LogP contribution in [0, 0.1) is 0 Å². The van der Waals surface area contributed by atoms with Gasteiger partial charge in [-0.15, -0.1) is 0 Å². The monoisotopic (exact) mass is 262 g/mol. The molecule has 4 heteroatoms. The third kappa shape index (κ3) is 1.22. The molecule has 1 aromatic carbocycles. The highest BCUT2D eigenvalue weighted by Crippen LogP contribution is 2.28. The van der Waals surface area contributed by atoms with E-state index in [1.165, 1.54) is 6.20 Å². The maximum absolute atomic E-state index is 9.68. The van der Waals surface area contributed by atoms with Gasteiger partial charge in [0, 0.05) is 16.1 Å². The fourth-order valence-electron chi connectivity index (χ4n) is 1.77. The van der Waals surface area contributed by atoms with Gasteiger partial charge in [-0.25, -0.2) is 4.52 Å². The maximum atomic E-state index is 9.68. The summed E-state index contributed by atoms with van der Waals surface area (Å²) in [6.07, 6.45) is 3.29. The Kier molecular flexibility index (Phi) is 1.73. The molecule has 0 aliphatic heterocycles. The van der Waals surface area contributed by atoms with Crippen LogP contribution in [0.3, 0.4) is 0 Å². The molecular formula is C11H7BrN2O. The molecule has 0 saturated heterocycles. The molecular weight excluding hydrogens is 256 g/mol. The van der Waals surface area contributed by atoms with Crippen molar-refractivity contribution in [1.82, 2.24) is 9.61 Å². The van der Waals surface area contributed by atoms with Gasteiger partial charge in [-0.1, -0.05) is 22.0 Å². The third-order valence-electron chi connectivity index (χ3n) is 2.44. The highest BCUT2D eigenvalue weighted by Gasteiger charge is 2.06. The molecule has 0 unspecified atom stereocenters. The van der Waals surface area contributed by atoms with Gasteiger partial charge in [0.25, 0.3) is 0 Å². The molecule has 2 aromatic heterocycles. The summed E-state index contributed by atoms with van der Waals surface area (Å²) in [4.78, 5) is 0. The van der Waals surface area contributed by atoms with Crippen LogP contribution < -0.4 is 0 Å². The number of nitrogens with zero attached hydrogens (tertiary/aromatic N) is 2. The van der Waals surface area contributed by atoms with Crippen molar-refractivity contribution in [3.8, 4) is 5.75 Å². The standard InChI is InChI=1S/C11H7BrN2O/c12-8-1-2-9-7(5-8)3-4-14-11(9)10(15)6-13-14/h1-6,15H. The smallest absolute Gasteiger partial charge is 0.162 e. The third-order valence-corrected chi connectivity index (χ3v) is 2.93. The van der Waals surface area contributed by atoms with Crippen LogP contribution in [-0.4, -0.2) is 14.7 Å². The van der Waals surface area contributed by atoms with Crippen molar-refractivity contribution >= 4 is 32.2 Å². The predicted molar refractivity (Wildman–Crippen MR) is 62.1 cm³/mol. The van der Waals surface area contributed by atoms with Crippen LogP contribution in [0.2, 0.25) is 0 Å². The number of hydrogen-bond donors (Lipinski definition) is 1. The number of benzene rings is 1. The van der Waals surface area contributed by atoms with E-state index < -0.39 is 0 Å². The molecule has 0 saturated carbocycles. The number of aromatic hydroxyl groups is 1. The number of fused-ring (bicyclic) bond motifs is 3. The number of aromatic nitrogens is 2. The molecule has 74 valence electrons. The van der Waals surface area contributed by atoms with E-state index in [0.29, 0.717) is 0 Å². The summed E-state index contributed by atoms with van der Waals surface area (Å²) in [5, 5.41) is 15.8. The zero-order valence-corrected chi connectivity index (χ0v) is 9.27. The second-order valence-corrected chi connectivity index (χ2v) is 4.29. The summed E-state index contributed by atoms with van der Waals surface area (Å²) in [5.41, 5.74) is 0.750. The van der Waals surface area contributed by atoms with Crippen molar-refractivity contribution < 1.29 is 5.11 Å². The van der Waals surface area contributed by atoms with Gasteiger partial charge in [-0.2, -0.15) is 5.10 Å². The Bertz CT molecular complexity index is 660. The van der Waals surface area contributed by atoms with Crippen molar-refractivity contribution in [2.24, 2.45) is 0 Å². The normalized spacial score (nSPS) is 11.3. The Labute approximate surface area is 94.1 Å². The summed E-state index contributed by atoms with van der Waals surface area (Å²) >= 11 is 3.42. The lowest BCUT2D eigenvalue weighted by Gasteiger charge is -2.01. The minimum absolute atomic E-state index is 0.211. The van der Waals surface area contributed by atoms with Gasteiger partial charge in [-0.05, 0) is 23.6 Å². The topological polar surface area (TPSA) is 37.5 Å². The van der Waals surface area contributed by atoms with Crippen LogP contribution in [0.15, 0.2) is 41.1 Å². The summed E-state index contributed by atoms with van der Waals surface area (Å²) < 4.78 is 2.70. The minimum atomic E-state index is 0.211. The van der Waals surface area contributed by atoms with Crippen molar-refractivity contribution in [2.45, 2.75) is 0 Å². The first-order valence-corrected chi connectivity index (χ1v) is 5.29. The molecule has 3 rings (SSSR count). The van der Waals surface area contributed by atoms with Crippen LogP contribution in [-0.2, 0) is 0 Å². The molecule has 1 N–H and O–H groups in total. The average Bonchev–Trinajstić information content (AvgIpc) is 2.60. The predicted octanol–water partition coefficient (Wildman–Crippen LogP) is 2.96. The lowest BCUT2D eigenvalue weighted by molar-refractivity contribution is 0.481. The van der Waals surface area contributed by atoms with Crippen LogP contribution in [0.4, 0.5) is 0 Å². The van der Waals surface area contributed by atoms with Gasteiger partial charge in [0.15, 0.2) is 5.75 Å². The average molecular weight is 263 g/mol. The zero-order chi connectivity index (χ0) is 10.4. The van der Waals surface area contributed by atoms with Gasteiger partial charge < -0.3 is 5.11 Å². The summed E-state index contributed by atoms with van der Waals surface area (Å²) in [6.45, 7) is 0. The number of halogens is 1. The highest BCUT2D eigenvalue weighted by molar-refractivity contribution is 9.10. The van der Waals surface area contributed by atoms with Gasteiger partial charge in [0.1, 0.15) is 5.52 Å². The number of rotatable bonds is 0. The molecule has 15 heavy (non-hydrogen) atoms. The van der Waals surface area contributed by atoms with E-state index in [1.807, 2.05) is 30.5 Å². The lowest BCUT2D eigenvalue weighted by Crippen LogP contribution is -1.86. The maximum Gasteiger partial charge on any atom is 0.162 e. The van der Waals surface area contributed by atoms with Crippen molar-refractivity contribution in [1.29, 1.82) is 0 Å². The molecule has 0 bridgehead atoms. The molecule has 0 fully saturated rings. The Morgan fingerprint density at radius 1 is 1.27 bits per heavy atom. The first-order valence-electron chi connectivity index (χ1n) is 4.50. The summed E-state index contributed by atoms with van der Waals surface area (Å²) in [6, 6.07) is 7.91. The van der Waals surface area contributed by atoms with E-state index in [9.17, 15) is 5.11 Å². The van der Waals surface area contributed by atoms with Gasteiger partial charge in [0.05, 0.1) is 6.20 Å². The molecule has 0 aliphatic rings. The van der Waals surface area contributed by atoms with Gasteiger partial charge in [0.2, 0.25) is 0 Å². The molecule has 0 aliphatic carbocycles. The number of pyridine rings is 1. The highest BCUT2D eigenvalue weighted by atomic mass is 79.9. The minimum Gasteiger partial charge on any atom is -0.504 e. The van der Waals surface area contributed by atoms with Crippen molar-refractivity contribution in [3.05, 3.63) is 41.1 Å². The SMILES string of the molecule is Oc1cnn2ccc3cc(Br)ccc3c12. The van der Waals surface area contributed by atoms with Gasteiger partial charge >= 0.3 is 0 Å². The first kappa shape index (κ1) is 8.73. The zero-order valence-electron chi connectivity index (χ0n) is 7.68. The molecule has 0 radical (unpaired) electrons. The quantitative estimate of drug-likeness (QED) is 0.677. The lowest BCUT2D eigenvalue weighted by atomic mass is 10.1.